The SMILES string of the molecule is COc1ccc(-n2c(C3CC3)ccc(C(=O)Nc3cc(F)c(Oc4c(F)cnc5cc(OC)c(OC)cc45)c(F)c3)c2=O)c(C)c1. The third-order valence-corrected chi connectivity index (χ3v) is 7.74. The maximum absolute atomic E-state index is 15.3. The zero-order valence-corrected chi connectivity index (χ0v) is 25.2. The molecule has 1 aliphatic rings. The standard InChI is InChI=1S/C34H28F3N3O6/c1-17-11-20(43-2)7-9-27(17)40-28(18-5-6-18)10-8-21(34(40)42)33(41)39-19-12-23(35)32(24(36)13-19)46-31-22-14-29(44-3)30(45-4)15-26(22)38-16-25(31)37/h7-16,18H,5-6H2,1-4H3,(H,39,41). The molecule has 2 heterocycles. The van der Waals surface area contributed by atoms with Crippen molar-refractivity contribution in [1.82, 2.24) is 9.55 Å². The molecular weight excluding hydrogens is 603 g/mol. The number of amides is 1. The van der Waals surface area contributed by atoms with Gasteiger partial charge in [0.25, 0.3) is 11.5 Å². The van der Waals surface area contributed by atoms with Gasteiger partial charge >= 0.3 is 0 Å². The van der Waals surface area contributed by atoms with E-state index in [-0.39, 0.29) is 33.8 Å². The van der Waals surface area contributed by atoms with Crippen molar-refractivity contribution in [1.29, 1.82) is 0 Å². The molecule has 1 N–H and O–H groups in total. The number of carbonyl (C=O) groups is 1. The van der Waals surface area contributed by atoms with Crippen molar-refractivity contribution in [3.05, 3.63) is 105 Å². The third-order valence-electron chi connectivity index (χ3n) is 7.74. The van der Waals surface area contributed by atoms with Crippen LogP contribution in [0.15, 0.2) is 65.6 Å². The molecule has 0 saturated heterocycles. The normalized spacial score (nSPS) is 12.6. The van der Waals surface area contributed by atoms with E-state index in [0.717, 1.165) is 42.4 Å². The Hall–Kier alpha value is -5.52. The first-order valence-electron chi connectivity index (χ1n) is 14.2. The van der Waals surface area contributed by atoms with Crippen LogP contribution in [0.3, 0.4) is 0 Å². The molecule has 5 aromatic rings. The zero-order chi connectivity index (χ0) is 32.7. The van der Waals surface area contributed by atoms with Gasteiger partial charge in [0.15, 0.2) is 40.4 Å². The van der Waals surface area contributed by atoms with Gasteiger partial charge in [-0.1, -0.05) is 0 Å². The summed E-state index contributed by atoms with van der Waals surface area (Å²) < 4.78 is 68.1. The highest BCUT2D eigenvalue weighted by Gasteiger charge is 2.29. The molecule has 3 aromatic carbocycles. The Kier molecular flexibility index (Phi) is 8.03. The number of benzene rings is 3. The summed E-state index contributed by atoms with van der Waals surface area (Å²) in [6.45, 7) is 1.83. The van der Waals surface area contributed by atoms with Crippen LogP contribution in [-0.4, -0.2) is 36.8 Å². The predicted molar refractivity (Wildman–Crippen MR) is 164 cm³/mol. The minimum atomic E-state index is -1.23. The summed E-state index contributed by atoms with van der Waals surface area (Å²) in [5.41, 5.74) is 1.25. The summed E-state index contributed by atoms with van der Waals surface area (Å²) in [4.78, 5) is 31.0. The lowest BCUT2D eigenvalue weighted by Gasteiger charge is -2.17. The number of ether oxygens (including phenoxy) is 4. The van der Waals surface area contributed by atoms with Crippen molar-refractivity contribution in [3.8, 4) is 34.4 Å². The van der Waals surface area contributed by atoms with Gasteiger partial charge in [-0.25, -0.2) is 13.2 Å². The number of nitrogens with zero attached hydrogens (tertiary/aromatic N) is 2. The molecule has 1 saturated carbocycles. The highest BCUT2D eigenvalue weighted by Crippen LogP contribution is 2.41. The van der Waals surface area contributed by atoms with E-state index in [4.69, 9.17) is 18.9 Å². The molecule has 1 fully saturated rings. The molecule has 236 valence electrons. The van der Waals surface area contributed by atoms with Crippen LogP contribution in [0.1, 0.15) is 40.4 Å². The molecular formula is C34H28F3N3O6. The summed E-state index contributed by atoms with van der Waals surface area (Å²) in [7, 11) is 4.33. The summed E-state index contributed by atoms with van der Waals surface area (Å²) in [5.74, 6) is -4.38. The topological polar surface area (TPSA) is 101 Å². The second-order valence-electron chi connectivity index (χ2n) is 10.7. The molecule has 2 aromatic heterocycles. The Morgan fingerprint density at radius 2 is 1.57 bits per heavy atom. The average molecular weight is 632 g/mol. The van der Waals surface area contributed by atoms with Crippen molar-refractivity contribution in [2.45, 2.75) is 25.7 Å². The molecule has 1 aliphatic carbocycles. The van der Waals surface area contributed by atoms with Crippen molar-refractivity contribution >= 4 is 22.5 Å². The van der Waals surface area contributed by atoms with Crippen LogP contribution in [-0.2, 0) is 0 Å². The van der Waals surface area contributed by atoms with Gasteiger partial charge in [-0.2, -0.15) is 0 Å². The first-order valence-corrected chi connectivity index (χ1v) is 14.2. The van der Waals surface area contributed by atoms with E-state index < -0.39 is 40.4 Å². The largest absolute Gasteiger partial charge is 0.497 e. The average Bonchev–Trinajstić information content (AvgIpc) is 3.88. The molecule has 0 radical (unpaired) electrons. The number of anilines is 1. The molecule has 1 amide bonds. The van der Waals surface area contributed by atoms with E-state index in [1.165, 1.54) is 37.0 Å². The first kappa shape index (κ1) is 30.5. The number of halogens is 3. The lowest BCUT2D eigenvalue weighted by molar-refractivity contribution is 0.102. The molecule has 0 atom stereocenters. The molecule has 0 unspecified atom stereocenters. The van der Waals surface area contributed by atoms with Gasteiger partial charge in [-0.05, 0) is 67.6 Å². The quantitative estimate of drug-likeness (QED) is 0.186. The number of hydrogen-bond donors (Lipinski definition) is 1. The Morgan fingerprint density at radius 1 is 0.870 bits per heavy atom. The minimum Gasteiger partial charge on any atom is -0.497 e. The monoisotopic (exact) mass is 631 g/mol. The number of fused-ring (bicyclic) bond motifs is 1. The van der Waals surface area contributed by atoms with Crippen LogP contribution >= 0.6 is 0 Å². The number of aromatic nitrogens is 2. The lowest BCUT2D eigenvalue weighted by Crippen LogP contribution is -2.30. The number of rotatable bonds is 9. The van der Waals surface area contributed by atoms with Crippen LogP contribution in [0.25, 0.3) is 16.6 Å². The van der Waals surface area contributed by atoms with Gasteiger partial charge in [-0.15, -0.1) is 0 Å². The van der Waals surface area contributed by atoms with Crippen LogP contribution in [0.4, 0.5) is 18.9 Å². The van der Waals surface area contributed by atoms with Crippen molar-refractivity contribution in [2.75, 3.05) is 26.6 Å². The van der Waals surface area contributed by atoms with Gasteiger partial charge in [-0.3, -0.25) is 19.1 Å². The second-order valence-corrected chi connectivity index (χ2v) is 10.7. The Labute approximate surface area is 261 Å². The van der Waals surface area contributed by atoms with E-state index in [9.17, 15) is 14.0 Å². The van der Waals surface area contributed by atoms with Gasteiger partial charge in [0.1, 0.15) is 11.3 Å². The van der Waals surface area contributed by atoms with Crippen LogP contribution in [0.2, 0.25) is 0 Å². The molecule has 12 heteroatoms. The van der Waals surface area contributed by atoms with E-state index in [2.05, 4.69) is 10.3 Å². The highest BCUT2D eigenvalue weighted by molar-refractivity contribution is 6.04. The fraction of sp³-hybridized carbons (Fsp3) is 0.206. The lowest BCUT2D eigenvalue weighted by atomic mass is 10.1. The molecule has 46 heavy (non-hydrogen) atoms. The van der Waals surface area contributed by atoms with Crippen molar-refractivity contribution < 1.29 is 36.9 Å². The van der Waals surface area contributed by atoms with E-state index in [0.29, 0.717) is 17.2 Å². The van der Waals surface area contributed by atoms with E-state index >= 15 is 8.78 Å². The van der Waals surface area contributed by atoms with Gasteiger partial charge in [0.05, 0.1) is 38.7 Å². The molecule has 0 spiro atoms. The number of pyridine rings is 2. The Balaban J connectivity index is 1.32. The Bertz CT molecular complexity index is 2050. The number of hydrogen-bond acceptors (Lipinski definition) is 7. The number of nitrogens with one attached hydrogen (secondary N) is 1. The highest BCUT2D eigenvalue weighted by atomic mass is 19.1. The van der Waals surface area contributed by atoms with Gasteiger partial charge in [0.2, 0.25) is 0 Å². The summed E-state index contributed by atoms with van der Waals surface area (Å²) >= 11 is 0. The number of carbonyl (C=O) groups excluding carboxylic acids is 1. The number of methoxy groups -OCH3 is 3. The third kappa shape index (κ3) is 5.57. The maximum Gasteiger partial charge on any atom is 0.268 e. The van der Waals surface area contributed by atoms with Crippen LogP contribution in [0.5, 0.6) is 28.7 Å². The van der Waals surface area contributed by atoms with Crippen molar-refractivity contribution in [3.63, 3.8) is 0 Å². The fourth-order valence-electron chi connectivity index (χ4n) is 5.28. The summed E-state index contributed by atoms with van der Waals surface area (Å²) in [6.07, 6.45) is 2.67. The zero-order valence-electron chi connectivity index (χ0n) is 25.2. The number of aryl methyl sites for hydroxylation is 1. The van der Waals surface area contributed by atoms with Crippen LogP contribution in [0, 0.1) is 24.4 Å². The fourth-order valence-corrected chi connectivity index (χ4v) is 5.28. The molecule has 9 nitrogen and oxygen atoms in total. The molecule has 0 aliphatic heterocycles. The summed E-state index contributed by atoms with van der Waals surface area (Å²) in [6, 6.07) is 12.8. The van der Waals surface area contributed by atoms with E-state index in [1.54, 1.807) is 31.4 Å². The molecule has 6 rings (SSSR count). The smallest absolute Gasteiger partial charge is 0.268 e. The maximum atomic E-state index is 15.3. The first-order chi connectivity index (χ1) is 22.1. The van der Waals surface area contributed by atoms with Crippen LogP contribution < -0.4 is 29.8 Å². The Morgan fingerprint density at radius 3 is 2.20 bits per heavy atom. The molecule has 0 bridgehead atoms. The van der Waals surface area contributed by atoms with Gasteiger partial charge < -0.3 is 24.3 Å². The summed E-state index contributed by atoms with van der Waals surface area (Å²) in [5, 5.41) is 2.47. The van der Waals surface area contributed by atoms with Crippen molar-refractivity contribution in [2.24, 2.45) is 0 Å². The second kappa shape index (κ2) is 12.1. The van der Waals surface area contributed by atoms with Gasteiger partial charge in [0, 0.05) is 35.0 Å². The van der Waals surface area contributed by atoms with E-state index in [1.807, 2.05) is 6.92 Å². The minimum absolute atomic E-state index is 0.0758. The predicted octanol–water partition coefficient (Wildman–Crippen LogP) is 7.06.